The van der Waals surface area contributed by atoms with E-state index in [0.29, 0.717) is 23.9 Å². The maximum absolute atomic E-state index is 12.8. The minimum atomic E-state index is -4.79. The Morgan fingerprint density at radius 1 is 1.27 bits per heavy atom. The molecule has 1 heterocycles. The number of nitrogens with zero attached hydrogens (tertiary/aromatic N) is 3. The first-order valence-corrected chi connectivity index (χ1v) is 7.60. The number of allylic oxidation sites excluding steroid dienone is 1. The van der Waals surface area contributed by atoms with Crippen molar-refractivity contribution in [3.63, 3.8) is 0 Å². The molecular weight excluding hydrogens is 392 g/mol. The maximum atomic E-state index is 12.8. The molecule has 0 aliphatic rings. The largest absolute Gasteiger partial charge is 0.416 e. The van der Waals surface area contributed by atoms with E-state index in [1.165, 1.54) is 0 Å². The van der Waals surface area contributed by atoms with Crippen molar-refractivity contribution < 1.29 is 35.8 Å². The van der Waals surface area contributed by atoms with Crippen molar-refractivity contribution in [3.8, 4) is 11.3 Å². The number of benzene rings is 1. The lowest BCUT2D eigenvalue weighted by Gasteiger charge is -2.08. The Morgan fingerprint density at radius 2 is 1.96 bits per heavy atom. The Hall–Kier alpha value is -2.57. The van der Waals surface area contributed by atoms with E-state index < -0.39 is 40.7 Å². The first-order chi connectivity index (χ1) is 12.1. The van der Waals surface area contributed by atoms with Gasteiger partial charge in [-0.1, -0.05) is 11.8 Å². The number of alkyl halides is 3. The van der Waals surface area contributed by atoms with Gasteiger partial charge in [-0.15, -0.1) is 5.10 Å². The van der Waals surface area contributed by atoms with Crippen LogP contribution >= 0.6 is 11.8 Å². The molecule has 0 unspecified atom stereocenters. The topological polar surface area (TPSA) is 82.1 Å². The summed E-state index contributed by atoms with van der Waals surface area (Å²) in [5.41, 5.74) is -2.68. The normalized spacial score (nSPS) is 11.5. The Bertz CT molecular complexity index is 848. The van der Waals surface area contributed by atoms with Crippen LogP contribution < -0.4 is 0 Å². The van der Waals surface area contributed by atoms with Crippen molar-refractivity contribution in [1.29, 1.82) is 0 Å². The van der Waals surface area contributed by atoms with Crippen LogP contribution in [0.1, 0.15) is 12.0 Å². The highest BCUT2D eigenvalue weighted by molar-refractivity contribution is 7.99. The zero-order chi connectivity index (χ0) is 19.5. The SMILES string of the molecule is O=[N+]([O-])c1cc(C(F)(F)F)ccc1-c1nnoc1SCCC(F)=C(F)F. The lowest BCUT2D eigenvalue weighted by atomic mass is 10.1. The van der Waals surface area contributed by atoms with E-state index in [1.807, 2.05) is 0 Å². The van der Waals surface area contributed by atoms with Gasteiger partial charge in [-0.05, 0) is 12.1 Å². The van der Waals surface area contributed by atoms with Crippen LogP contribution in [-0.4, -0.2) is 21.0 Å². The van der Waals surface area contributed by atoms with Crippen LogP contribution in [0.3, 0.4) is 0 Å². The molecule has 0 radical (unpaired) electrons. The van der Waals surface area contributed by atoms with Crippen LogP contribution in [0.2, 0.25) is 0 Å². The van der Waals surface area contributed by atoms with Crippen LogP contribution in [0.4, 0.5) is 32.0 Å². The van der Waals surface area contributed by atoms with Crippen molar-refractivity contribution in [2.75, 3.05) is 5.75 Å². The fourth-order valence-electron chi connectivity index (χ4n) is 1.83. The third-order valence-corrected chi connectivity index (χ3v) is 3.93. The first kappa shape index (κ1) is 19.8. The molecule has 0 amide bonds. The third-order valence-electron chi connectivity index (χ3n) is 2.99. The molecule has 0 saturated heterocycles. The van der Waals surface area contributed by atoms with Gasteiger partial charge in [-0.2, -0.15) is 22.0 Å². The van der Waals surface area contributed by atoms with Crippen molar-refractivity contribution in [3.05, 3.63) is 45.8 Å². The van der Waals surface area contributed by atoms with Crippen LogP contribution in [0.5, 0.6) is 0 Å². The van der Waals surface area contributed by atoms with Gasteiger partial charge in [-0.25, -0.2) is 4.39 Å². The molecule has 0 aliphatic heterocycles. The van der Waals surface area contributed by atoms with Crippen molar-refractivity contribution in [2.45, 2.75) is 17.7 Å². The van der Waals surface area contributed by atoms with Gasteiger partial charge in [0.05, 0.1) is 16.1 Å². The molecule has 1 aromatic heterocycles. The fourth-order valence-corrected chi connectivity index (χ4v) is 2.67. The summed E-state index contributed by atoms with van der Waals surface area (Å²) in [7, 11) is 0. The smallest absolute Gasteiger partial charge is 0.330 e. The molecule has 1 aromatic carbocycles. The molecule has 0 fully saturated rings. The minimum absolute atomic E-state index is 0.181. The van der Waals surface area contributed by atoms with Crippen molar-refractivity contribution >= 4 is 17.4 Å². The number of nitro benzene ring substituents is 1. The van der Waals surface area contributed by atoms with Crippen molar-refractivity contribution in [1.82, 2.24) is 10.4 Å². The minimum Gasteiger partial charge on any atom is -0.330 e. The molecule has 0 atom stereocenters. The number of hydrogen-bond donors (Lipinski definition) is 0. The molecule has 2 rings (SSSR count). The molecule has 6 nitrogen and oxygen atoms in total. The van der Waals surface area contributed by atoms with Crippen LogP contribution in [0.15, 0.2) is 39.7 Å². The number of hydrogen-bond acceptors (Lipinski definition) is 6. The molecule has 2 aromatic rings. The van der Waals surface area contributed by atoms with Gasteiger partial charge in [0.25, 0.3) is 5.69 Å². The highest BCUT2D eigenvalue weighted by Gasteiger charge is 2.34. The lowest BCUT2D eigenvalue weighted by Crippen LogP contribution is -2.06. The molecule has 0 saturated carbocycles. The molecule has 26 heavy (non-hydrogen) atoms. The standard InChI is InChI=1S/C13H7F6N3O3S/c14-8(11(15)16)3-4-26-12-10(20-21-25-12)7-2-1-6(13(17,18)19)5-9(7)22(23)24/h1-2,5H,3-4H2. The van der Waals surface area contributed by atoms with Crippen LogP contribution in [0, 0.1) is 10.1 Å². The summed E-state index contributed by atoms with van der Waals surface area (Å²) in [5.74, 6) is -1.87. The Morgan fingerprint density at radius 3 is 2.54 bits per heavy atom. The first-order valence-electron chi connectivity index (χ1n) is 6.62. The summed E-state index contributed by atoms with van der Waals surface area (Å²) in [6.45, 7) is 0. The highest BCUT2D eigenvalue weighted by atomic mass is 32.2. The van der Waals surface area contributed by atoms with Gasteiger partial charge >= 0.3 is 12.3 Å². The molecule has 0 bridgehead atoms. The second-order valence-corrected chi connectivity index (χ2v) is 5.73. The van der Waals surface area contributed by atoms with E-state index in [0.717, 1.165) is 6.07 Å². The second kappa shape index (κ2) is 7.76. The van der Waals surface area contributed by atoms with Gasteiger partial charge in [0.1, 0.15) is 0 Å². The quantitative estimate of drug-likeness (QED) is 0.287. The summed E-state index contributed by atoms with van der Waals surface area (Å²) in [5, 5.41) is 17.6. The second-order valence-electron chi connectivity index (χ2n) is 4.66. The van der Waals surface area contributed by atoms with E-state index in [-0.39, 0.29) is 22.1 Å². The molecule has 140 valence electrons. The number of halogens is 6. The monoisotopic (exact) mass is 399 g/mol. The average Bonchev–Trinajstić information content (AvgIpc) is 3.01. The predicted octanol–water partition coefficient (Wildman–Crippen LogP) is 5.22. The summed E-state index contributed by atoms with van der Waals surface area (Å²) < 4.78 is 79.6. The van der Waals surface area contributed by atoms with Gasteiger partial charge in [0.15, 0.2) is 11.5 Å². The van der Waals surface area contributed by atoms with E-state index in [2.05, 4.69) is 10.4 Å². The van der Waals surface area contributed by atoms with E-state index in [9.17, 15) is 36.5 Å². The zero-order valence-electron chi connectivity index (χ0n) is 12.4. The summed E-state index contributed by atoms with van der Waals surface area (Å²) in [6, 6.07) is 1.78. The Kier molecular flexibility index (Phi) is 5.90. The molecular formula is C13H7F6N3O3S. The fraction of sp³-hybridized carbons (Fsp3) is 0.231. The predicted molar refractivity (Wildman–Crippen MR) is 77.1 cm³/mol. The number of aromatic nitrogens is 2. The number of rotatable bonds is 6. The van der Waals surface area contributed by atoms with E-state index >= 15 is 0 Å². The van der Waals surface area contributed by atoms with Gasteiger partial charge < -0.3 is 4.52 Å². The molecule has 0 aliphatic carbocycles. The lowest BCUT2D eigenvalue weighted by molar-refractivity contribution is -0.384. The highest BCUT2D eigenvalue weighted by Crippen LogP contribution is 2.39. The molecule has 0 spiro atoms. The summed E-state index contributed by atoms with van der Waals surface area (Å²) >= 11 is 0.680. The van der Waals surface area contributed by atoms with Crippen molar-refractivity contribution in [2.24, 2.45) is 0 Å². The van der Waals surface area contributed by atoms with E-state index in [1.54, 1.807) is 0 Å². The van der Waals surface area contributed by atoms with E-state index in [4.69, 9.17) is 4.52 Å². The number of thioether (sulfide) groups is 1. The summed E-state index contributed by atoms with van der Waals surface area (Å²) in [4.78, 5) is 10.1. The van der Waals surface area contributed by atoms with Crippen LogP contribution in [-0.2, 0) is 6.18 Å². The van der Waals surface area contributed by atoms with Gasteiger partial charge in [-0.3, -0.25) is 10.1 Å². The molecule has 13 heteroatoms. The average molecular weight is 399 g/mol. The Balaban J connectivity index is 2.34. The van der Waals surface area contributed by atoms with Gasteiger partial charge in [0, 0.05) is 23.5 Å². The summed E-state index contributed by atoms with van der Waals surface area (Å²) in [6.07, 6.45) is -7.91. The maximum Gasteiger partial charge on any atom is 0.416 e. The third kappa shape index (κ3) is 4.53. The molecule has 0 N–H and O–H groups in total. The zero-order valence-corrected chi connectivity index (χ0v) is 13.2. The van der Waals surface area contributed by atoms with Crippen LogP contribution in [0.25, 0.3) is 11.3 Å². The van der Waals surface area contributed by atoms with Gasteiger partial charge in [0.2, 0.25) is 5.09 Å². The number of nitro groups is 1. The Labute approximate surface area is 145 Å².